The fourth-order valence-electron chi connectivity index (χ4n) is 1.47. The van der Waals surface area contributed by atoms with Gasteiger partial charge in [0.05, 0.1) is 0 Å². The van der Waals surface area contributed by atoms with Crippen LogP contribution in [0.4, 0.5) is 0 Å². The van der Waals surface area contributed by atoms with Crippen molar-refractivity contribution in [1.82, 2.24) is 4.72 Å². The first-order valence-corrected chi connectivity index (χ1v) is 5.84. The Balaban J connectivity index is 3.95. The van der Waals surface area contributed by atoms with Gasteiger partial charge in [-0.1, -0.05) is 27.7 Å². The molecule has 4 heteroatoms. The summed E-state index contributed by atoms with van der Waals surface area (Å²) in [6.45, 7) is 8.40. The summed E-state index contributed by atoms with van der Waals surface area (Å²) in [5.74, 6) is 1.06. The molecule has 0 amide bonds. The highest BCUT2D eigenvalue weighted by molar-refractivity contribution is 7.77. The van der Waals surface area contributed by atoms with Crippen LogP contribution >= 0.6 is 0 Å². The molecule has 0 aliphatic carbocycles. The van der Waals surface area contributed by atoms with E-state index >= 15 is 0 Å². The van der Waals surface area contributed by atoms with Gasteiger partial charge in [-0.05, 0) is 24.7 Å². The standard InChI is InChI=1S/C9H21NO2S/c1-7(2)5-9(6-8(3)4)10-13(11)12/h7-10H,5-6H2,1-4H3,(H,11,12)/p-1. The Morgan fingerprint density at radius 1 is 1.15 bits per heavy atom. The largest absolute Gasteiger partial charge is 0.760 e. The predicted molar refractivity (Wildman–Crippen MR) is 54.8 cm³/mol. The normalized spacial score (nSPS) is 14.5. The molecule has 1 unspecified atom stereocenters. The quantitative estimate of drug-likeness (QED) is 0.674. The van der Waals surface area contributed by atoms with E-state index in [0.717, 1.165) is 12.8 Å². The van der Waals surface area contributed by atoms with Gasteiger partial charge in [0.15, 0.2) is 0 Å². The zero-order valence-electron chi connectivity index (χ0n) is 8.87. The maximum Gasteiger partial charge on any atom is 0.0189 e. The molecule has 0 saturated carbocycles. The summed E-state index contributed by atoms with van der Waals surface area (Å²) in [5.41, 5.74) is 0. The SMILES string of the molecule is CC(C)CC(CC(C)C)NS(=O)[O-]. The van der Waals surface area contributed by atoms with Crippen LogP contribution in [-0.4, -0.2) is 14.8 Å². The predicted octanol–water partition coefficient (Wildman–Crippen LogP) is 1.83. The minimum atomic E-state index is -2.13. The summed E-state index contributed by atoms with van der Waals surface area (Å²) in [7, 11) is 0. The summed E-state index contributed by atoms with van der Waals surface area (Å²) < 4.78 is 23.5. The molecule has 0 spiro atoms. The third-order valence-corrected chi connectivity index (χ3v) is 2.30. The lowest BCUT2D eigenvalue weighted by atomic mass is 9.97. The molecule has 0 aromatic heterocycles. The second-order valence-corrected chi connectivity index (χ2v) is 5.01. The zero-order chi connectivity index (χ0) is 10.4. The van der Waals surface area contributed by atoms with E-state index in [1.165, 1.54) is 0 Å². The van der Waals surface area contributed by atoms with Crippen LogP contribution in [0.25, 0.3) is 0 Å². The van der Waals surface area contributed by atoms with Crippen LogP contribution in [0.15, 0.2) is 0 Å². The van der Waals surface area contributed by atoms with Gasteiger partial charge in [-0.25, -0.2) is 4.72 Å². The van der Waals surface area contributed by atoms with Crippen LogP contribution in [0.5, 0.6) is 0 Å². The number of nitrogens with one attached hydrogen (secondary N) is 1. The summed E-state index contributed by atoms with van der Waals surface area (Å²) in [5, 5.41) is 0. The summed E-state index contributed by atoms with van der Waals surface area (Å²) in [4.78, 5) is 0. The van der Waals surface area contributed by atoms with E-state index < -0.39 is 11.3 Å². The summed E-state index contributed by atoms with van der Waals surface area (Å²) >= 11 is -2.13. The highest BCUT2D eigenvalue weighted by Crippen LogP contribution is 2.13. The molecule has 0 radical (unpaired) electrons. The smallest absolute Gasteiger partial charge is 0.0189 e. The highest BCUT2D eigenvalue weighted by atomic mass is 32.2. The molecular weight excluding hydrogens is 186 g/mol. The van der Waals surface area contributed by atoms with Crippen molar-refractivity contribution >= 4 is 11.3 Å². The minimum absolute atomic E-state index is 0.0957. The first kappa shape index (κ1) is 13.1. The average Bonchev–Trinajstić information content (AvgIpc) is 1.80. The summed E-state index contributed by atoms with van der Waals surface area (Å²) in [6.07, 6.45) is 1.82. The van der Waals surface area contributed by atoms with Crippen LogP contribution in [0, 0.1) is 11.8 Å². The molecule has 0 heterocycles. The molecule has 0 aromatic carbocycles. The number of hydrogen-bond acceptors (Lipinski definition) is 2. The second kappa shape index (κ2) is 6.51. The number of hydrogen-bond donors (Lipinski definition) is 1. The molecule has 0 saturated heterocycles. The number of rotatable bonds is 6. The van der Waals surface area contributed by atoms with Gasteiger partial charge in [0, 0.05) is 17.3 Å². The van der Waals surface area contributed by atoms with Gasteiger partial charge in [0.1, 0.15) is 0 Å². The molecular formula is C9H20NO2S-. The maximum atomic E-state index is 10.5. The summed E-state index contributed by atoms with van der Waals surface area (Å²) in [6, 6.07) is 0.0957. The molecule has 0 bridgehead atoms. The molecule has 0 aromatic rings. The lowest BCUT2D eigenvalue weighted by Gasteiger charge is -2.23. The molecule has 13 heavy (non-hydrogen) atoms. The van der Waals surface area contributed by atoms with Gasteiger partial charge in [-0.3, -0.25) is 4.21 Å². The Morgan fingerprint density at radius 2 is 1.54 bits per heavy atom. The van der Waals surface area contributed by atoms with Crippen molar-refractivity contribution in [2.45, 2.75) is 46.6 Å². The van der Waals surface area contributed by atoms with E-state index in [2.05, 4.69) is 32.4 Å². The van der Waals surface area contributed by atoms with E-state index in [4.69, 9.17) is 0 Å². The molecule has 0 aliphatic heterocycles. The Kier molecular flexibility index (Phi) is 6.55. The molecule has 0 fully saturated rings. The van der Waals surface area contributed by atoms with Crippen LogP contribution in [0.3, 0.4) is 0 Å². The highest BCUT2D eigenvalue weighted by Gasteiger charge is 2.12. The van der Waals surface area contributed by atoms with Crippen LogP contribution in [0.2, 0.25) is 0 Å². The van der Waals surface area contributed by atoms with Crippen LogP contribution in [0.1, 0.15) is 40.5 Å². The molecule has 0 aliphatic rings. The Morgan fingerprint density at radius 3 is 1.77 bits per heavy atom. The third kappa shape index (κ3) is 8.40. The van der Waals surface area contributed by atoms with Crippen molar-refractivity contribution in [2.24, 2.45) is 11.8 Å². The van der Waals surface area contributed by atoms with E-state index in [-0.39, 0.29) is 6.04 Å². The lowest BCUT2D eigenvalue weighted by molar-refractivity contribution is 0.390. The first-order valence-electron chi connectivity index (χ1n) is 4.77. The Bertz CT molecular complexity index is 150. The second-order valence-electron chi connectivity index (χ2n) is 4.31. The van der Waals surface area contributed by atoms with Gasteiger partial charge < -0.3 is 4.55 Å². The average molecular weight is 206 g/mol. The zero-order valence-corrected chi connectivity index (χ0v) is 9.69. The van der Waals surface area contributed by atoms with Gasteiger partial charge >= 0.3 is 0 Å². The fourth-order valence-corrected chi connectivity index (χ4v) is 1.93. The van der Waals surface area contributed by atoms with E-state index in [0.29, 0.717) is 11.8 Å². The Hall–Kier alpha value is 0.0700. The van der Waals surface area contributed by atoms with Crippen molar-refractivity contribution in [3.8, 4) is 0 Å². The molecule has 1 N–H and O–H groups in total. The van der Waals surface area contributed by atoms with Gasteiger partial charge in [-0.15, -0.1) is 0 Å². The monoisotopic (exact) mass is 206 g/mol. The van der Waals surface area contributed by atoms with Gasteiger partial charge in [-0.2, -0.15) is 0 Å². The van der Waals surface area contributed by atoms with E-state index in [9.17, 15) is 8.76 Å². The molecule has 1 atom stereocenters. The van der Waals surface area contributed by atoms with Crippen molar-refractivity contribution in [2.75, 3.05) is 0 Å². The topological polar surface area (TPSA) is 52.2 Å². The van der Waals surface area contributed by atoms with Crippen molar-refractivity contribution in [3.63, 3.8) is 0 Å². The van der Waals surface area contributed by atoms with Gasteiger partial charge in [0.2, 0.25) is 0 Å². The first-order chi connectivity index (χ1) is 5.91. The fraction of sp³-hybridized carbons (Fsp3) is 1.00. The maximum absolute atomic E-state index is 10.5. The van der Waals surface area contributed by atoms with E-state index in [1.54, 1.807) is 0 Å². The van der Waals surface area contributed by atoms with Crippen molar-refractivity contribution < 1.29 is 8.76 Å². The van der Waals surface area contributed by atoms with Crippen molar-refractivity contribution in [1.29, 1.82) is 0 Å². The molecule has 0 rings (SSSR count). The lowest BCUT2D eigenvalue weighted by Crippen LogP contribution is -2.33. The van der Waals surface area contributed by atoms with Gasteiger partial charge in [0.25, 0.3) is 0 Å². The van der Waals surface area contributed by atoms with Crippen LogP contribution in [-0.2, 0) is 11.3 Å². The van der Waals surface area contributed by atoms with Crippen molar-refractivity contribution in [3.05, 3.63) is 0 Å². The Labute approximate surface area is 83.7 Å². The van der Waals surface area contributed by atoms with E-state index in [1.807, 2.05) is 0 Å². The third-order valence-electron chi connectivity index (χ3n) is 1.77. The van der Waals surface area contributed by atoms with Crippen LogP contribution < -0.4 is 4.72 Å². The minimum Gasteiger partial charge on any atom is -0.760 e. The molecule has 3 nitrogen and oxygen atoms in total. The molecule has 80 valence electrons.